The fourth-order valence-corrected chi connectivity index (χ4v) is 5.16. The van der Waals surface area contributed by atoms with Gasteiger partial charge in [0, 0.05) is 35.8 Å². The fourth-order valence-electron chi connectivity index (χ4n) is 5.16. The van der Waals surface area contributed by atoms with Crippen molar-refractivity contribution in [3.63, 3.8) is 0 Å². The van der Waals surface area contributed by atoms with Gasteiger partial charge >= 0.3 is 0 Å². The number of para-hydroxylation sites is 1. The number of benzene rings is 3. The van der Waals surface area contributed by atoms with E-state index in [1.165, 1.54) is 5.56 Å². The second-order valence-electron chi connectivity index (χ2n) is 9.24. The number of rotatable bonds is 5. The molecule has 1 fully saturated rings. The molecule has 0 radical (unpaired) electrons. The number of piperidine rings is 1. The Labute approximate surface area is 205 Å². The van der Waals surface area contributed by atoms with Crippen LogP contribution >= 0.6 is 0 Å². The van der Waals surface area contributed by atoms with Crippen LogP contribution < -0.4 is 0 Å². The molecule has 1 aliphatic heterocycles. The van der Waals surface area contributed by atoms with Crippen LogP contribution in [0.2, 0.25) is 0 Å². The molecule has 0 saturated carbocycles. The number of aromatic amines is 1. The standard InChI is InChI=1S/C30H28N4O/c35-30(19-24-21-31-27-14-8-7-13-26(24)27)33-17-15-25(16-18-33)34-29(23-11-5-2-6-12-23)20-28(32-34)22-9-3-1-4-10-22/h1-14,20-21,25,31H,15-19H2. The second kappa shape index (κ2) is 9.26. The lowest BCUT2D eigenvalue weighted by atomic mass is 10.0. The van der Waals surface area contributed by atoms with Gasteiger partial charge in [-0.2, -0.15) is 5.10 Å². The third-order valence-corrected chi connectivity index (χ3v) is 7.05. The highest BCUT2D eigenvalue weighted by atomic mass is 16.2. The molecule has 5 aromatic rings. The third kappa shape index (κ3) is 4.26. The summed E-state index contributed by atoms with van der Waals surface area (Å²) in [5.41, 5.74) is 6.55. The number of carbonyl (C=O) groups is 1. The lowest BCUT2D eigenvalue weighted by Gasteiger charge is -2.33. The van der Waals surface area contributed by atoms with Crippen molar-refractivity contribution >= 4 is 16.8 Å². The van der Waals surface area contributed by atoms with Crippen molar-refractivity contribution in [2.45, 2.75) is 25.3 Å². The molecule has 1 amide bonds. The molecule has 1 aliphatic rings. The van der Waals surface area contributed by atoms with E-state index in [4.69, 9.17) is 5.10 Å². The van der Waals surface area contributed by atoms with Crippen molar-refractivity contribution in [2.75, 3.05) is 13.1 Å². The van der Waals surface area contributed by atoms with Gasteiger partial charge in [-0.25, -0.2) is 0 Å². The van der Waals surface area contributed by atoms with E-state index >= 15 is 0 Å². The van der Waals surface area contributed by atoms with Gasteiger partial charge in [0.15, 0.2) is 0 Å². The second-order valence-corrected chi connectivity index (χ2v) is 9.24. The van der Waals surface area contributed by atoms with Crippen molar-refractivity contribution in [3.05, 3.63) is 103 Å². The number of likely N-dealkylation sites (tertiary alicyclic amines) is 1. The number of H-pyrrole nitrogens is 1. The van der Waals surface area contributed by atoms with E-state index in [0.29, 0.717) is 6.42 Å². The van der Waals surface area contributed by atoms with E-state index in [-0.39, 0.29) is 11.9 Å². The minimum absolute atomic E-state index is 0.196. The summed E-state index contributed by atoms with van der Waals surface area (Å²) < 4.78 is 2.19. The summed E-state index contributed by atoms with van der Waals surface area (Å²) in [4.78, 5) is 18.4. The van der Waals surface area contributed by atoms with E-state index in [1.807, 2.05) is 53.6 Å². The number of aromatic nitrogens is 3. The zero-order valence-electron chi connectivity index (χ0n) is 19.6. The fraction of sp³-hybridized carbons (Fsp3) is 0.200. The van der Waals surface area contributed by atoms with Gasteiger partial charge < -0.3 is 9.88 Å². The minimum atomic E-state index is 0.196. The van der Waals surface area contributed by atoms with E-state index < -0.39 is 0 Å². The zero-order valence-corrected chi connectivity index (χ0v) is 19.6. The van der Waals surface area contributed by atoms with Crippen LogP contribution in [0.15, 0.2) is 97.2 Å². The molecule has 2 aromatic heterocycles. The molecular weight excluding hydrogens is 432 g/mol. The van der Waals surface area contributed by atoms with Crippen molar-refractivity contribution in [1.82, 2.24) is 19.7 Å². The molecule has 5 heteroatoms. The van der Waals surface area contributed by atoms with E-state index in [0.717, 1.165) is 59.3 Å². The number of nitrogens with one attached hydrogen (secondary N) is 1. The Morgan fingerprint density at radius 1 is 0.857 bits per heavy atom. The molecule has 0 atom stereocenters. The number of nitrogens with zero attached hydrogens (tertiary/aromatic N) is 3. The van der Waals surface area contributed by atoms with E-state index in [2.05, 4.69) is 58.2 Å². The van der Waals surface area contributed by atoms with Crippen molar-refractivity contribution in [2.24, 2.45) is 0 Å². The largest absolute Gasteiger partial charge is 0.361 e. The molecule has 1 N–H and O–H groups in total. The van der Waals surface area contributed by atoms with Crippen LogP contribution in [0.4, 0.5) is 0 Å². The summed E-state index contributed by atoms with van der Waals surface area (Å²) in [5.74, 6) is 0.196. The lowest BCUT2D eigenvalue weighted by molar-refractivity contribution is -0.131. The Kier molecular flexibility index (Phi) is 5.67. The number of hydrogen-bond acceptors (Lipinski definition) is 2. The van der Waals surface area contributed by atoms with Gasteiger partial charge in [-0.1, -0.05) is 78.9 Å². The Bertz CT molecular complexity index is 1440. The lowest BCUT2D eigenvalue weighted by Crippen LogP contribution is -2.40. The number of amides is 1. The molecule has 1 saturated heterocycles. The van der Waals surface area contributed by atoms with Crippen molar-refractivity contribution < 1.29 is 4.79 Å². The molecule has 3 aromatic carbocycles. The molecular formula is C30H28N4O. The van der Waals surface area contributed by atoms with Crippen molar-refractivity contribution in [1.29, 1.82) is 0 Å². The maximum absolute atomic E-state index is 13.1. The van der Waals surface area contributed by atoms with Crippen molar-refractivity contribution in [3.8, 4) is 22.5 Å². The van der Waals surface area contributed by atoms with Crippen LogP contribution in [0.25, 0.3) is 33.4 Å². The van der Waals surface area contributed by atoms with E-state index in [1.54, 1.807) is 0 Å². The summed E-state index contributed by atoms with van der Waals surface area (Å²) in [6.45, 7) is 1.50. The highest BCUT2D eigenvalue weighted by Gasteiger charge is 2.27. The number of carbonyl (C=O) groups excluding carboxylic acids is 1. The Balaban J connectivity index is 1.21. The number of hydrogen-bond donors (Lipinski definition) is 1. The van der Waals surface area contributed by atoms with Gasteiger partial charge in [0.1, 0.15) is 0 Å². The van der Waals surface area contributed by atoms with E-state index in [9.17, 15) is 4.79 Å². The third-order valence-electron chi connectivity index (χ3n) is 7.05. The molecule has 0 aliphatic carbocycles. The van der Waals surface area contributed by atoms with Crippen LogP contribution in [0.1, 0.15) is 24.4 Å². The average Bonchev–Trinajstić information content (AvgIpc) is 3.55. The van der Waals surface area contributed by atoms with Gasteiger partial charge in [0.05, 0.1) is 23.9 Å². The molecule has 0 unspecified atom stereocenters. The van der Waals surface area contributed by atoms with Gasteiger partial charge in [-0.15, -0.1) is 0 Å². The molecule has 0 spiro atoms. The highest BCUT2D eigenvalue weighted by molar-refractivity contribution is 5.89. The van der Waals surface area contributed by atoms with Crippen LogP contribution in [-0.4, -0.2) is 38.7 Å². The quantitative estimate of drug-likeness (QED) is 0.344. The predicted molar refractivity (Wildman–Crippen MR) is 140 cm³/mol. The highest BCUT2D eigenvalue weighted by Crippen LogP contribution is 2.32. The SMILES string of the molecule is O=C(Cc1c[nH]c2ccccc12)N1CCC(n2nc(-c3ccccc3)cc2-c2ccccc2)CC1. The summed E-state index contributed by atoms with van der Waals surface area (Å²) in [6, 6.07) is 31.4. The number of fused-ring (bicyclic) bond motifs is 1. The Hall–Kier alpha value is -4.12. The van der Waals surface area contributed by atoms with Crippen LogP contribution in [-0.2, 0) is 11.2 Å². The Morgan fingerprint density at radius 2 is 1.51 bits per heavy atom. The van der Waals surface area contributed by atoms with Crippen LogP contribution in [0.3, 0.4) is 0 Å². The summed E-state index contributed by atoms with van der Waals surface area (Å²) in [7, 11) is 0. The average molecular weight is 461 g/mol. The zero-order chi connectivity index (χ0) is 23.6. The summed E-state index contributed by atoms with van der Waals surface area (Å²) in [6.07, 6.45) is 4.20. The molecule has 174 valence electrons. The van der Waals surface area contributed by atoms with Crippen LogP contribution in [0.5, 0.6) is 0 Å². The molecule has 35 heavy (non-hydrogen) atoms. The maximum Gasteiger partial charge on any atom is 0.227 e. The van der Waals surface area contributed by atoms with Gasteiger partial charge in [-0.3, -0.25) is 9.48 Å². The molecule has 0 bridgehead atoms. The molecule has 5 nitrogen and oxygen atoms in total. The first-order valence-corrected chi connectivity index (χ1v) is 12.3. The predicted octanol–water partition coefficient (Wildman–Crippen LogP) is 6.10. The maximum atomic E-state index is 13.1. The molecule has 6 rings (SSSR count). The summed E-state index contributed by atoms with van der Waals surface area (Å²) >= 11 is 0. The monoisotopic (exact) mass is 460 g/mol. The first-order valence-electron chi connectivity index (χ1n) is 12.3. The van der Waals surface area contributed by atoms with Gasteiger partial charge in [0.2, 0.25) is 5.91 Å². The normalized spacial score (nSPS) is 14.5. The first kappa shape index (κ1) is 21.4. The topological polar surface area (TPSA) is 53.9 Å². The molecule has 3 heterocycles. The smallest absolute Gasteiger partial charge is 0.227 e. The van der Waals surface area contributed by atoms with Crippen LogP contribution in [0, 0.1) is 0 Å². The minimum Gasteiger partial charge on any atom is -0.361 e. The summed E-state index contributed by atoms with van der Waals surface area (Å²) in [5, 5.41) is 6.19. The van der Waals surface area contributed by atoms with Gasteiger partial charge in [0.25, 0.3) is 0 Å². The first-order chi connectivity index (χ1) is 17.3. The Morgan fingerprint density at radius 3 is 2.26 bits per heavy atom. The van der Waals surface area contributed by atoms with Gasteiger partial charge in [-0.05, 0) is 36.1 Å².